The standard InChI is InChI=1S/C21H24F3N5O2/c22-21(23,24)16-5-3-15(4-6-16)20(30)29-11-9-28(10-12-29)19-8-7-18(26-27-19)25-14-17-2-1-13-31-17/h3-8,17H,1-2,9-14H2,(H,25,26). The zero-order valence-corrected chi connectivity index (χ0v) is 16.9. The number of amides is 1. The highest BCUT2D eigenvalue weighted by atomic mass is 19.4. The summed E-state index contributed by atoms with van der Waals surface area (Å²) in [5.41, 5.74) is -0.510. The quantitative estimate of drug-likeness (QED) is 0.779. The van der Waals surface area contributed by atoms with Crippen LogP contribution in [0.15, 0.2) is 36.4 Å². The van der Waals surface area contributed by atoms with Gasteiger partial charge in [0, 0.05) is 44.9 Å². The summed E-state index contributed by atoms with van der Waals surface area (Å²) in [6, 6.07) is 8.09. The molecule has 10 heteroatoms. The molecular formula is C21H24F3N5O2. The fraction of sp³-hybridized carbons (Fsp3) is 0.476. The molecule has 0 spiro atoms. The number of benzene rings is 1. The SMILES string of the molecule is O=C(c1ccc(C(F)(F)F)cc1)N1CCN(c2ccc(NCC3CCCO3)nn2)CC1. The smallest absolute Gasteiger partial charge is 0.376 e. The van der Waals surface area contributed by atoms with E-state index in [0.29, 0.717) is 38.5 Å². The lowest BCUT2D eigenvalue weighted by Gasteiger charge is -2.35. The molecule has 2 aromatic rings. The molecule has 2 fully saturated rings. The van der Waals surface area contributed by atoms with Crippen molar-refractivity contribution in [3.05, 3.63) is 47.5 Å². The van der Waals surface area contributed by atoms with Gasteiger partial charge < -0.3 is 19.9 Å². The van der Waals surface area contributed by atoms with Crippen LogP contribution >= 0.6 is 0 Å². The summed E-state index contributed by atoms with van der Waals surface area (Å²) in [5, 5.41) is 11.7. The molecule has 7 nitrogen and oxygen atoms in total. The van der Waals surface area contributed by atoms with E-state index < -0.39 is 11.7 Å². The Kier molecular flexibility index (Phi) is 6.26. The van der Waals surface area contributed by atoms with Gasteiger partial charge in [-0.1, -0.05) is 0 Å². The van der Waals surface area contributed by atoms with E-state index in [2.05, 4.69) is 15.5 Å². The molecule has 1 atom stereocenters. The Morgan fingerprint density at radius 1 is 1.06 bits per heavy atom. The number of alkyl halides is 3. The number of carbonyl (C=O) groups is 1. The molecule has 0 aliphatic carbocycles. The van der Waals surface area contributed by atoms with Gasteiger partial charge in [-0.25, -0.2) is 0 Å². The van der Waals surface area contributed by atoms with Gasteiger partial charge in [-0.2, -0.15) is 13.2 Å². The number of aromatic nitrogens is 2. The van der Waals surface area contributed by atoms with Crippen LogP contribution in [0.4, 0.5) is 24.8 Å². The molecule has 2 aliphatic heterocycles. The Hall–Kier alpha value is -2.88. The minimum absolute atomic E-state index is 0.219. The highest BCUT2D eigenvalue weighted by Gasteiger charge is 2.31. The van der Waals surface area contributed by atoms with Crippen LogP contribution in [0, 0.1) is 0 Å². The van der Waals surface area contributed by atoms with Crippen LogP contribution in [0.2, 0.25) is 0 Å². The topological polar surface area (TPSA) is 70.6 Å². The van der Waals surface area contributed by atoms with Crippen molar-refractivity contribution in [2.75, 3.05) is 49.5 Å². The maximum absolute atomic E-state index is 12.7. The minimum Gasteiger partial charge on any atom is -0.376 e. The van der Waals surface area contributed by atoms with E-state index >= 15 is 0 Å². The summed E-state index contributed by atoms with van der Waals surface area (Å²) in [6.45, 7) is 3.58. The molecule has 166 valence electrons. The van der Waals surface area contributed by atoms with Crippen LogP contribution in [0.5, 0.6) is 0 Å². The molecule has 1 N–H and O–H groups in total. The van der Waals surface area contributed by atoms with Crippen molar-refractivity contribution in [1.29, 1.82) is 0 Å². The third-order valence-electron chi connectivity index (χ3n) is 5.54. The van der Waals surface area contributed by atoms with Gasteiger partial charge >= 0.3 is 6.18 Å². The summed E-state index contributed by atoms with van der Waals surface area (Å²) in [4.78, 5) is 16.3. The minimum atomic E-state index is -4.41. The molecule has 4 rings (SSSR count). The van der Waals surface area contributed by atoms with Crippen LogP contribution in [0.25, 0.3) is 0 Å². The number of anilines is 2. The summed E-state index contributed by atoms with van der Waals surface area (Å²) in [6.07, 6.45) is -2.06. The van der Waals surface area contributed by atoms with Gasteiger partial charge in [0.1, 0.15) is 5.82 Å². The molecular weight excluding hydrogens is 411 g/mol. The lowest BCUT2D eigenvalue weighted by atomic mass is 10.1. The van der Waals surface area contributed by atoms with E-state index in [-0.39, 0.29) is 17.6 Å². The van der Waals surface area contributed by atoms with E-state index in [0.717, 1.165) is 37.4 Å². The van der Waals surface area contributed by atoms with Crippen LogP contribution in [-0.2, 0) is 10.9 Å². The number of ether oxygens (including phenoxy) is 1. The monoisotopic (exact) mass is 435 g/mol. The number of hydrogen-bond donors (Lipinski definition) is 1. The van der Waals surface area contributed by atoms with Crippen molar-refractivity contribution in [1.82, 2.24) is 15.1 Å². The summed E-state index contributed by atoms with van der Waals surface area (Å²) in [5.74, 6) is 1.15. The first-order valence-corrected chi connectivity index (χ1v) is 10.3. The van der Waals surface area contributed by atoms with Gasteiger partial charge in [0.05, 0.1) is 11.7 Å². The zero-order chi connectivity index (χ0) is 21.8. The molecule has 0 saturated carbocycles. The van der Waals surface area contributed by atoms with Crippen molar-refractivity contribution >= 4 is 17.5 Å². The zero-order valence-electron chi connectivity index (χ0n) is 16.9. The summed E-state index contributed by atoms with van der Waals surface area (Å²) in [7, 11) is 0. The molecule has 1 aromatic carbocycles. The lowest BCUT2D eigenvalue weighted by Crippen LogP contribution is -2.49. The molecule has 0 bridgehead atoms. The van der Waals surface area contributed by atoms with Crippen LogP contribution in [0.1, 0.15) is 28.8 Å². The summed E-state index contributed by atoms with van der Waals surface area (Å²) < 4.78 is 43.7. The van der Waals surface area contributed by atoms with Crippen molar-refractivity contribution in [2.24, 2.45) is 0 Å². The molecule has 3 heterocycles. The number of piperazine rings is 1. The first-order chi connectivity index (χ1) is 14.9. The van der Waals surface area contributed by atoms with Crippen LogP contribution in [-0.4, -0.2) is 66.4 Å². The van der Waals surface area contributed by atoms with Crippen molar-refractivity contribution in [2.45, 2.75) is 25.1 Å². The van der Waals surface area contributed by atoms with Gasteiger partial charge in [0.15, 0.2) is 5.82 Å². The molecule has 1 amide bonds. The Balaban J connectivity index is 1.28. The predicted molar refractivity (Wildman–Crippen MR) is 109 cm³/mol. The van der Waals surface area contributed by atoms with Gasteiger partial charge in [-0.3, -0.25) is 4.79 Å². The third kappa shape index (κ3) is 5.25. The second kappa shape index (κ2) is 9.09. The Morgan fingerprint density at radius 2 is 1.81 bits per heavy atom. The van der Waals surface area contributed by atoms with E-state index in [4.69, 9.17) is 4.74 Å². The van der Waals surface area contributed by atoms with E-state index in [9.17, 15) is 18.0 Å². The second-order valence-electron chi connectivity index (χ2n) is 7.65. The van der Waals surface area contributed by atoms with E-state index in [1.807, 2.05) is 17.0 Å². The normalized spacial score (nSPS) is 19.5. The Bertz CT molecular complexity index is 875. The number of nitrogens with one attached hydrogen (secondary N) is 1. The molecule has 31 heavy (non-hydrogen) atoms. The number of rotatable bonds is 5. The number of carbonyl (C=O) groups excluding carboxylic acids is 1. The van der Waals surface area contributed by atoms with Gasteiger partial charge in [-0.15, -0.1) is 10.2 Å². The van der Waals surface area contributed by atoms with Crippen molar-refractivity contribution < 1.29 is 22.7 Å². The number of hydrogen-bond acceptors (Lipinski definition) is 6. The first kappa shape index (κ1) is 21.4. The average Bonchev–Trinajstić information content (AvgIpc) is 3.31. The van der Waals surface area contributed by atoms with E-state index in [1.165, 1.54) is 12.1 Å². The molecule has 2 saturated heterocycles. The highest BCUT2D eigenvalue weighted by Crippen LogP contribution is 2.29. The van der Waals surface area contributed by atoms with Crippen LogP contribution in [0.3, 0.4) is 0 Å². The third-order valence-corrected chi connectivity index (χ3v) is 5.54. The summed E-state index contributed by atoms with van der Waals surface area (Å²) >= 11 is 0. The predicted octanol–water partition coefficient (Wildman–Crippen LogP) is 3.05. The van der Waals surface area contributed by atoms with Crippen LogP contribution < -0.4 is 10.2 Å². The van der Waals surface area contributed by atoms with Gasteiger partial charge in [-0.05, 0) is 49.2 Å². The van der Waals surface area contributed by atoms with Gasteiger partial charge in [0.25, 0.3) is 5.91 Å². The molecule has 1 aromatic heterocycles. The maximum Gasteiger partial charge on any atom is 0.416 e. The van der Waals surface area contributed by atoms with Crippen molar-refractivity contribution in [3.8, 4) is 0 Å². The van der Waals surface area contributed by atoms with Crippen molar-refractivity contribution in [3.63, 3.8) is 0 Å². The Morgan fingerprint density at radius 3 is 2.39 bits per heavy atom. The number of nitrogens with zero attached hydrogens (tertiary/aromatic N) is 4. The second-order valence-corrected chi connectivity index (χ2v) is 7.65. The lowest BCUT2D eigenvalue weighted by molar-refractivity contribution is -0.137. The maximum atomic E-state index is 12.7. The van der Waals surface area contributed by atoms with Gasteiger partial charge in [0.2, 0.25) is 0 Å². The Labute approximate surface area is 178 Å². The average molecular weight is 435 g/mol. The molecule has 1 unspecified atom stereocenters. The fourth-order valence-electron chi connectivity index (χ4n) is 3.73. The fourth-order valence-corrected chi connectivity index (χ4v) is 3.73. The number of halogens is 3. The first-order valence-electron chi connectivity index (χ1n) is 10.3. The largest absolute Gasteiger partial charge is 0.416 e. The van der Waals surface area contributed by atoms with E-state index in [1.54, 1.807) is 4.90 Å². The molecule has 0 radical (unpaired) electrons. The highest BCUT2D eigenvalue weighted by molar-refractivity contribution is 5.94. The molecule has 2 aliphatic rings.